The minimum Gasteiger partial charge on any atom is -0.463 e. The standard InChI is InChI=1S/C32H31BN2O2P2/c1-3-37-32(36)26-27(2)33-34(38(28-16-8-4-9-17-28)29-18-10-5-11-19-29)24-25-35(33)39(30-20-12-6-13-21-30)31-22-14-7-15-23-31/h4-26H,3H2,1-2H3/b27-26+. The zero-order valence-corrected chi connectivity index (χ0v) is 24.0. The highest BCUT2D eigenvalue weighted by Gasteiger charge is 2.43. The van der Waals surface area contributed by atoms with Gasteiger partial charge >= 0.3 is 13.0 Å². The van der Waals surface area contributed by atoms with Crippen molar-refractivity contribution in [3.8, 4) is 0 Å². The molecule has 0 unspecified atom stereocenters. The first-order valence-electron chi connectivity index (χ1n) is 13.1. The minimum absolute atomic E-state index is 0.174. The number of carbonyl (C=O) groups is 1. The maximum absolute atomic E-state index is 12.7. The smallest absolute Gasteiger partial charge is 0.414 e. The third-order valence-electron chi connectivity index (χ3n) is 6.38. The molecular weight excluding hydrogens is 517 g/mol. The lowest BCUT2D eigenvalue weighted by Gasteiger charge is -2.39. The Morgan fingerprint density at radius 2 is 1.00 bits per heavy atom. The van der Waals surface area contributed by atoms with Crippen molar-refractivity contribution in [1.82, 2.24) is 9.16 Å². The maximum Gasteiger partial charge on any atom is 0.414 e. The number of hydrogen-bond donors (Lipinski definition) is 0. The Morgan fingerprint density at radius 1 is 0.667 bits per heavy atom. The van der Waals surface area contributed by atoms with Gasteiger partial charge in [0.1, 0.15) is 0 Å². The van der Waals surface area contributed by atoms with E-state index in [-0.39, 0.29) is 13.0 Å². The molecular formula is C32H31BN2O2P2. The van der Waals surface area contributed by atoms with Crippen LogP contribution in [0.2, 0.25) is 0 Å². The van der Waals surface area contributed by atoms with Gasteiger partial charge in [-0.3, -0.25) is 0 Å². The van der Waals surface area contributed by atoms with Crippen LogP contribution < -0.4 is 21.2 Å². The van der Waals surface area contributed by atoms with Gasteiger partial charge in [-0.15, -0.1) is 0 Å². The van der Waals surface area contributed by atoms with E-state index < -0.39 is 16.1 Å². The lowest BCUT2D eigenvalue weighted by molar-refractivity contribution is -0.137. The molecule has 0 radical (unpaired) electrons. The van der Waals surface area contributed by atoms with E-state index in [0.29, 0.717) is 6.61 Å². The second-order valence-electron chi connectivity index (χ2n) is 9.04. The number of benzene rings is 4. The van der Waals surface area contributed by atoms with Gasteiger partial charge in [-0.2, -0.15) is 0 Å². The van der Waals surface area contributed by atoms with E-state index in [1.165, 1.54) is 21.2 Å². The summed E-state index contributed by atoms with van der Waals surface area (Å²) >= 11 is 0. The fourth-order valence-electron chi connectivity index (χ4n) is 4.74. The molecule has 0 spiro atoms. The Bertz CT molecular complexity index is 1250. The molecule has 1 aliphatic rings. The first kappa shape index (κ1) is 26.9. The molecule has 5 rings (SSSR count). The van der Waals surface area contributed by atoms with Crippen LogP contribution >= 0.6 is 16.1 Å². The Hall–Kier alpha value is -3.65. The highest BCUT2D eigenvalue weighted by molar-refractivity contribution is 7.74. The van der Waals surface area contributed by atoms with Crippen molar-refractivity contribution < 1.29 is 9.53 Å². The fourth-order valence-corrected chi connectivity index (χ4v) is 9.72. The van der Waals surface area contributed by atoms with Crippen molar-refractivity contribution in [2.24, 2.45) is 0 Å². The predicted molar refractivity (Wildman–Crippen MR) is 167 cm³/mol. The molecule has 4 nitrogen and oxygen atoms in total. The monoisotopic (exact) mass is 548 g/mol. The first-order chi connectivity index (χ1) is 19.2. The van der Waals surface area contributed by atoms with Gasteiger partial charge in [0.25, 0.3) is 0 Å². The number of rotatable bonds is 9. The van der Waals surface area contributed by atoms with Gasteiger partial charge in [0, 0.05) is 34.6 Å². The van der Waals surface area contributed by atoms with Crippen molar-refractivity contribution >= 4 is 50.3 Å². The SMILES string of the molecule is CCOC(=O)/C=C(\C)B1N(P(c2ccccc2)c2ccccc2)C=CN1P(c1ccccc1)c1ccccc1. The van der Waals surface area contributed by atoms with Crippen LogP contribution in [0.4, 0.5) is 0 Å². The Labute approximate surface area is 234 Å². The topological polar surface area (TPSA) is 32.8 Å². The average Bonchev–Trinajstić information content (AvgIpc) is 3.40. The largest absolute Gasteiger partial charge is 0.463 e. The summed E-state index contributed by atoms with van der Waals surface area (Å²) in [7, 11) is -1.85. The van der Waals surface area contributed by atoms with E-state index in [1.807, 2.05) is 13.8 Å². The van der Waals surface area contributed by atoms with Gasteiger partial charge in [-0.1, -0.05) is 121 Å². The number of nitrogens with zero attached hydrogens (tertiary/aromatic N) is 2. The zero-order chi connectivity index (χ0) is 27.0. The molecule has 0 amide bonds. The van der Waals surface area contributed by atoms with Crippen molar-refractivity contribution in [1.29, 1.82) is 0 Å². The molecule has 0 atom stereocenters. The number of hydrogen-bond acceptors (Lipinski definition) is 4. The molecule has 0 saturated carbocycles. The molecule has 0 N–H and O–H groups in total. The summed E-state index contributed by atoms with van der Waals surface area (Å²) in [5.41, 5.74) is 0.942. The second-order valence-corrected chi connectivity index (χ2v) is 13.3. The summed E-state index contributed by atoms with van der Waals surface area (Å²) in [6.45, 7) is 4.06. The molecule has 7 heteroatoms. The molecule has 0 aliphatic carbocycles. The predicted octanol–water partition coefficient (Wildman–Crippen LogP) is 5.71. The Kier molecular flexibility index (Phi) is 8.94. The van der Waals surface area contributed by atoms with Crippen LogP contribution in [-0.4, -0.2) is 28.7 Å². The third-order valence-corrected chi connectivity index (χ3v) is 11.2. The highest BCUT2D eigenvalue weighted by atomic mass is 31.1. The van der Waals surface area contributed by atoms with E-state index in [4.69, 9.17) is 4.74 Å². The van der Waals surface area contributed by atoms with Crippen LogP contribution in [0.5, 0.6) is 0 Å². The minimum atomic E-state index is -0.924. The van der Waals surface area contributed by atoms with Crippen molar-refractivity contribution in [3.63, 3.8) is 0 Å². The molecule has 4 aromatic carbocycles. The summed E-state index contributed by atoms with van der Waals surface area (Å²) in [5.74, 6) is -0.311. The van der Waals surface area contributed by atoms with Crippen LogP contribution in [0.3, 0.4) is 0 Å². The summed E-state index contributed by atoms with van der Waals surface area (Å²) in [5, 5.41) is 5.01. The van der Waals surface area contributed by atoms with E-state index in [2.05, 4.69) is 143 Å². The summed E-state index contributed by atoms with van der Waals surface area (Å²) in [4.78, 5) is 12.7. The molecule has 1 heterocycles. The molecule has 0 aromatic heterocycles. The summed E-state index contributed by atoms with van der Waals surface area (Å²) < 4.78 is 10.2. The van der Waals surface area contributed by atoms with E-state index in [0.717, 1.165) is 5.47 Å². The molecule has 4 aromatic rings. The van der Waals surface area contributed by atoms with E-state index in [9.17, 15) is 4.79 Å². The average molecular weight is 548 g/mol. The quantitative estimate of drug-likeness (QED) is 0.116. The van der Waals surface area contributed by atoms with Crippen LogP contribution in [0.1, 0.15) is 13.8 Å². The Balaban J connectivity index is 1.66. The van der Waals surface area contributed by atoms with Gasteiger partial charge in [-0.25, -0.2) is 4.79 Å². The highest BCUT2D eigenvalue weighted by Crippen LogP contribution is 2.50. The van der Waals surface area contributed by atoms with Gasteiger partial charge < -0.3 is 13.9 Å². The van der Waals surface area contributed by atoms with Gasteiger partial charge in [-0.05, 0) is 40.5 Å². The zero-order valence-electron chi connectivity index (χ0n) is 22.2. The second kappa shape index (κ2) is 12.9. The molecule has 39 heavy (non-hydrogen) atoms. The number of ether oxygens (including phenoxy) is 1. The molecule has 0 saturated heterocycles. The number of allylic oxidation sites excluding steroid dienone is 1. The van der Waals surface area contributed by atoms with Crippen LogP contribution in [0.25, 0.3) is 0 Å². The van der Waals surface area contributed by atoms with E-state index >= 15 is 0 Å². The lowest BCUT2D eigenvalue weighted by atomic mass is 9.69. The lowest BCUT2D eigenvalue weighted by Crippen LogP contribution is -2.45. The van der Waals surface area contributed by atoms with Crippen molar-refractivity contribution in [2.75, 3.05) is 6.61 Å². The van der Waals surface area contributed by atoms with Crippen LogP contribution in [0.15, 0.2) is 145 Å². The third kappa shape index (κ3) is 6.17. The first-order valence-corrected chi connectivity index (χ1v) is 15.7. The van der Waals surface area contributed by atoms with Gasteiger partial charge in [0.05, 0.1) is 6.61 Å². The van der Waals surface area contributed by atoms with Gasteiger partial charge in [0.2, 0.25) is 0 Å². The van der Waals surface area contributed by atoms with Crippen LogP contribution in [-0.2, 0) is 9.53 Å². The normalized spacial score (nSPS) is 13.4. The number of carbonyl (C=O) groups excluding carboxylic acids is 1. The number of esters is 1. The maximum atomic E-state index is 12.7. The van der Waals surface area contributed by atoms with Crippen molar-refractivity contribution in [2.45, 2.75) is 13.8 Å². The molecule has 0 fully saturated rings. The molecule has 0 bridgehead atoms. The molecule has 1 aliphatic heterocycles. The van der Waals surface area contributed by atoms with Crippen molar-refractivity contribution in [3.05, 3.63) is 145 Å². The van der Waals surface area contributed by atoms with Gasteiger partial charge in [0.15, 0.2) is 0 Å². The van der Waals surface area contributed by atoms with Crippen LogP contribution in [0, 0.1) is 0 Å². The summed E-state index contributed by atoms with van der Waals surface area (Å²) in [6.07, 6.45) is 6.08. The molecule has 194 valence electrons. The van der Waals surface area contributed by atoms with E-state index in [1.54, 1.807) is 6.08 Å². The summed E-state index contributed by atoms with van der Waals surface area (Å²) in [6, 6.07) is 42.6. The fraction of sp³-hybridized carbons (Fsp3) is 0.0938. The Morgan fingerprint density at radius 3 is 1.31 bits per heavy atom.